The summed E-state index contributed by atoms with van der Waals surface area (Å²) >= 11 is 0. The van der Waals surface area contributed by atoms with Gasteiger partial charge in [-0.1, -0.05) is 36.4 Å². The van der Waals surface area contributed by atoms with Crippen molar-refractivity contribution in [2.24, 2.45) is 5.92 Å². The summed E-state index contributed by atoms with van der Waals surface area (Å²) < 4.78 is 6.23. The molecule has 0 bridgehead atoms. The van der Waals surface area contributed by atoms with Crippen LogP contribution in [0.5, 0.6) is 0 Å². The molecule has 102 valence electrons. The second-order valence-electron chi connectivity index (χ2n) is 5.72. The fraction of sp³-hybridized carbons (Fsp3) is 0.333. The van der Waals surface area contributed by atoms with Gasteiger partial charge in [-0.15, -0.1) is 0 Å². The molecule has 0 radical (unpaired) electrons. The van der Waals surface area contributed by atoms with E-state index in [1.54, 1.807) is 0 Å². The predicted octanol–water partition coefficient (Wildman–Crippen LogP) is 4.05. The van der Waals surface area contributed by atoms with Gasteiger partial charge in [-0.3, -0.25) is 0 Å². The minimum atomic E-state index is 0.243. The van der Waals surface area contributed by atoms with Crippen molar-refractivity contribution in [3.63, 3.8) is 0 Å². The predicted molar refractivity (Wildman–Crippen MR) is 81.4 cm³/mol. The molecular weight excluding hydrogens is 246 g/mol. The molecule has 2 aliphatic carbocycles. The fourth-order valence-electron chi connectivity index (χ4n) is 3.51. The highest BCUT2D eigenvalue weighted by Gasteiger charge is 2.41. The lowest BCUT2D eigenvalue weighted by atomic mass is 9.81. The van der Waals surface area contributed by atoms with Gasteiger partial charge in [0, 0.05) is 11.6 Å². The number of hydrogen-bond donors (Lipinski definition) is 1. The highest BCUT2D eigenvalue weighted by molar-refractivity contribution is 5.46. The molecule has 0 fully saturated rings. The van der Waals surface area contributed by atoms with Gasteiger partial charge in [-0.2, -0.15) is 0 Å². The first kappa shape index (κ1) is 11.8. The number of allylic oxidation sites excluding steroid dienone is 3. The third-order valence-electron chi connectivity index (χ3n) is 4.47. The maximum absolute atomic E-state index is 6.23. The van der Waals surface area contributed by atoms with Gasteiger partial charge in [-0.25, -0.2) is 0 Å². The molecule has 0 spiro atoms. The summed E-state index contributed by atoms with van der Waals surface area (Å²) in [5, 5.41) is 3.60. The normalized spacial score (nSPS) is 30.7. The molecule has 3 unspecified atom stereocenters. The van der Waals surface area contributed by atoms with Gasteiger partial charge in [-0.05, 0) is 43.0 Å². The summed E-state index contributed by atoms with van der Waals surface area (Å²) in [6, 6.07) is 10.7. The van der Waals surface area contributed by atoms with Crippen LogP contribution in [0.2, 0.25) is 0 Å². The van der Waals surface area contributed by atoms with E-state index in [1.807, 2.05) is 6.07 Å². The maximum Gasteiger partial charge on any atom is 0.129 e. The van der Waals surface area contributed by atoms with Gasteiger partial charge < -0.3 is 10.1 Å². The number of hydrogen-bond acceptors (Lipinski definition) is 2. The van der Waals surface area contributed by atoms with Crippen molar-refractivity contribution in [1.29, 1.82) is 0 Å². The average Bonchev–Trinajstić information content (AvgIpc) is 2.88. The number of para-hydroxylation sites is 1. The van der Waals surface area contributed by atoms with Gasteiger partial charge in [0.25, 0.3) is 0 Å². The smallest absolute Gasteiger partial charge is 0.129 e. The second kappa shape index (κ2) is 4.86. The quantitative estimate of drug-likeness (QED) is 0.815. The molecule has 1 heterocycles. The first-order valence-electron chi connectivity index (χ1n) is 7.46. The molecule has 1 aliphatic heterocycles. The Bertz CT molecular complexity index is 585. The van der Waals surface area contributed by atoms with E-state index >= 15 is 0 Å². The minimum absolute atomic E-state index is 0.243. The topological polar surface area (TPSA) is 21.3 Å². The number of anilines is 1. The molecular formula is C18H19NO. The highest BCUT2D eigenvalue weighted by atomic mass is 16.5. The molecule has 3 aliphatic rings. The van der Waals surface area contributed by atoms with Gasteiger partial charge in [0.2, 0.25) is 0 Å². The zero-order chi connectivity index (χ0) is 13.4. The van der Waals surface area contributed by atoms with Gasteiger partial charge in [0.05, 0.1) is 6.04 Å². The third-order valence-corrected chi connectivity index (χ3v) is 4.47. The number of fused-ring (bicyclic) bond motifs is 2. The summed E-state index contributed by atoms with van der Waals surface area (Å²) in [5.74, 6) is 1.69. The Morgan fingerprint density at radius 3 is 2.90 bits per heavy atom. The summed E-state index contributed by atoms with van der Waals surface area (Å²) in [6.07, 6.45) is 12.6. The van der Waals surface area contributed by atoms with Crippen molar-refractivity contribution in [1.82, 2.24) is 0 Å². The first-order chi connectivity index (χ1) is 9.92. The van der Waals surface area contributed by atoms with E-state index in [-0.39, 0.29) is 12.1 Å². The zero-order valence-corrected chi connectivity index (χ0v) is 11.5. The van der Waals surface area contributed by atoms with Crippen LogP contribution < -0.4 is 5.32 Å². The van der Waals surface area contributed by atoms with Crippen molar-refractivity contribution in [3.05, 3.63) is 66.0 Å². The van der Waals surface area contributed by atoms with Crippen LogP contribution in [0.1, 0.15) is 19.3 Å². The standard InChI is InChI=1S/C18H19NO/c1-2-7-13(8-3-1)19-16-11-6-10-15-14-9-4-5-12-17(14)20-18(15)16/h1-3,5-8,11-12,15-16,18-19H,4,9-10H2. The Hall–Kier alpha value is -1.96. The molecule has 3 atom stereocenters. The van der Waals surface area contributed by atoms with E-state index in [4.69, 9.17) is 4.74 Å². The molecule has 1 aromatic rings. The van der Waals surface area contributed by atoms with Gasteiger partial charge in [0.1, 0.15) is 11.9 Å². The van der Waals surface area contributed by atoms with E-state index in [9.17, 15) is 0 Å². The van der Waals surface area contributed by atoms with Crippen molar-refractivity contribution in [3.8, 4) is 0 Å². The lowest BCUT2D eigenvalue weighted by Gasteiger charge is -2.31. The van der Waals surface area contributed by atoms with Crippen molar-refractivity contribution < 1.29 is 4.74 Å². The van der Waals surface area contributed by atoms with E-state index in [0.29, 0.717) is 5.92 Å². The number of ether oxygens (including phenoxy) is 1. The molecule has 2 heteroatoms. The molecule has 0 saturated heterocycles. The molecule has 20 heavy (non-hydrogen) atoms. The number of nitrogens with one attached hydrogen (secondary N) is 1. The van der Waals surface area contributed by atoms with Crippen LogP contribution in [0.4, 0.5) is 5.69 Å². The van der Waals surface area contributed by atoms with E-state index in [2.05, 4.69) is 53.9 Å². The Balaban J connectivity index is 1.57. The molecule has 2 nitrogen and oxygen atoms in total. The Morgan fingerprint density at radius 2 is 2.00 bits per heavy atom. The van der Waals surface area contributed by atoms with Crippen LogP contribution >= 0.6 is 0 Å². The van der Waals surface area contributed by atoms with Crippen molar-refractivity contribution >= 4 is 5.69 Å². The molecule has 1 N–H and O–H groups in total. The van der Waals surface area contributed by atoms with Crippen LogP contribution in [0.15, 0.2) is 66.0 Å². The van der Waals surface area contributed by atoms with E-state index < -0.39 is 0 Å². The average molecular weight is 265 g/mol. The third kappa shape index (κ3) is 1.96. The molecule has 4 rings (SSSR count). The Morgan fingerprint density at radius 1 is 1.10 bits per heavy atom. The lowest BCUT2D eigenvalue weighted by molar-refractivity contribution is 0.109. The van der Waals surface area contributed by atoms with Crippen molar-refractivity contribution in [2.45, 2.75) is 31.4 Å². The number of rotatable bonds is 2. The summed E-state index contributed by atoms with van der Waals surface area (Å²) in [5.41, 5.74) is 2.69. The maximum atomic E-state index is 6.23. The molecule has 0 amide bonds. The summed E-state index contributed by atoms with van der Waals surface area (Å²) in [7, 11) is 0. The first-order valence-corrected chi connectivity index (χ1v) is 7.46. The second-order valence-corrected chi connectivity index (χ2v) is 5.72. The zero-order valence-electron chi connectivity index (χ0n) is 11.5. The van der Waals surface area contributed by atoms with Gasteiger partial charge in [0.15, 0.2) is 0 Å². The minimum Gasteiger partial charge on any atom is -0.487 e. The van der Waals surface area contributed by atoms with E-state index in [1.165, 1.54) is 12.0 Å². The van der Waals surface area contributed by atoms with Crippen LogP contribution in [-0.4, -0.2) is 12.1 Å². The van der Waals surface area contributed by atoms with Crippen LogP contribution in [0.25, 0.3) is 0 Å². The van der Waals surface area contributed by atoms with Gasteiger partial charge >= 0.3 is 0 Å². The molecule has 0 aromatic heterocycles. The van der Waals surface area contributed by atoms with Crippen LogP contribution in [-0.2, 0) is 4.74 Å². The Labute approximate surface area is 119 Å². The SMILES string of the molecule is C1=CC2=C(CC1)C1CC=CC(Nc3ccccc3)C1O2. The fourth-order valence-corrected chi connectivity index (χ4v) is 3.51. The molecule has 1 aromatic carbocycles. The lowest BCUT2D eigenvalue weighted by Crippen LogP contribution is -2.39. The molecule has 0 saturated carbocycles. The Kier molecular flexibility index (Phi) is 2.87. The van der Waals surface area contributed by atoms with Crippen molar-refractivity contribution in [2.75, 3.05) is 5.32 Å². The number of benzene rings is 1. The highest BCUT2D eigenvalue weighted by Crippen LogP contribution is 2.43. The summed E-state index contributed by atoms with van der Waals surface area (Å²) in [4.78, 5) is 0. The largest absolute Gasteiger partial charge is 0.487 e. The summed E-state index contributed by atoms with van der Waals surface area (Å²) in [6.45, 7) is 0. The van der Waals surface area contributed by atoms with Crippen LogP contribution in [0.3, 0.4) is 0 Å². The van der Waals surface area contributed by atoms with E-state index in [0.717, 1.165) is 24.3 Å². The monoisotopic (exact) mass is 265 g/mol. The van der Waals surface area contributed by atoms with Crippen LogP contribution in [0, 0.1) is 5.92 Å².